The van der Waals surface area contributed by atoms with Crippen LogP contribution in [0.15, 0.2) is 60.7 Å². The number of nitriles is 1. The van der Waals surface area contributed by atoms with Crippen molar-refractivity contribution in [3.8, 4) is 17.6 Å². The predicted octanol–water partition coefficient (Wildman–Crippen LogP) is 6.80. The van der Waals surface area contributed by atoms with Crippen molar-refractivity contribution in [3.05, 3.63) is 77.4 Å². The van der Waals surface area contributed by atoms with Crippen molar-refractivity contribution in [2.24, 2.45) is 5.92 Å². The van der Waals surface area contributed by atoms with Crippen molar-refractivity contribution in [1.82, 2.24) is 4.98 Å². The summed E-state index contributed by atoms with van der Waals surface area (Å²) in [5.74, 6) is 1.13. The van der Waals surface area contributed by atoms with Crippen LogP contribution in [0.5, 0.6) is 11.5 Å². The van der Waals surface area contributed by atoms with Crippen LogP contribution in [0.25, 0.3) is 10.2 Å². The van der Waals surface area contributed by atoms with Gasteiger partial charge in [0.15, 0.2) is 5.13 Å². The van der Waals surface area contributed by atoms with Gasteiger partial charge in [-0.2, -0.15) is 5.26 Å². The molecule has 5 rings (SSSR count). The highest BCUT2D eigenvalue weighted by Gasteiger charge is 2.30. The van der Waals surface area contributed by atoms with Crippen LogP contribution >= 0.6 is 11.3 Å². The van der Waals surface area contributed by atoms with E-state index in [-0.39, 0.29) is 17.7 Å². The van der Waals surface area contributed by atoms with Crippen LogP contribution in [-0.2, 0) is 10.2 Å². The molecular formula is C29H26N4O3S. The molecule has 7 nitrogen and oxygen atoms in total. The van der Waals surface area contributed by atoms with Gasteiger partial charge in [0.2, 0.25) is 5.91 Å². The summed E-state index contributed by atoms with van der Waals surface area (Å²) >= 11 is 1.41. The van der Waals surface area contributed by atoms with Gasteiger partial charge in [0.05, 0.1) is 21.7 Å². The third-order valence-corrected chi connectivity index (χ3v) is 7.27. The Kier molecular flexibility index (Phi) is 6.40. The monoisotopic (exact) mass is 510 g/mol. The number of ether oxygens (including phenoxy) is 1. The van der Waals surface area contributed by atoms with Gasteiger partial charge in [0.1, 0.15) is 11.5 Å². The lowest BCUT2D eigenvalue weighted by Crippen LogP contribution is -2.17. The van der Waals surface area contributed by atoms with E-state index in [2.05, 4.69) is 21.7 Å². The first-order valence-electron chi connectivity index (χ1n) is 12.0. The number of thiazole rings is 1. The van der Waals surface area contributed by atoms with Gasteiger partial charge in [0.25, 0.3) is 5.91 Å². The SMILES string of the molecule is Cc1ccc(NC(=O)c2cccc(C(C)(C)C#N)c2)cc1Oc1ccc2nc(NC(=O)C3CC3)sc2c1. The third-order valence-electron chi connectivity index (χ3n) is 6.34. The van der Waals surface area contributed by atoms with Crippen LogP contribution in [0.2, 0.25) is 0 Å². The molecule has 1 heterocycles. The molecule has 4 aromatic rings. The number of anilines is 2. The summed E-state index contributed by atoms with van der Waals surface area (Å²) in [7, 11) is 0. The number of amides is 2. The summed E-state index contributed by atoms with van der Waals surface area (Å²) in [5.41, 5.74) is 2.87. The van der Waals surface area contributed by atoms with Gasteiger partial charge < -0.3 is 15.4 Å². The van der Waals surface area contributed by atoms with E-state index in [1.54, 1.807) is 24.3 Å². The molecule has 1 aliphatic rings. The minimum absolute atomic E-state index is 0.0329. The lowest BCUT2D eigenvalue weighted by atomic mass is 9.85. The number of hydrogen-bond acceptors (Lipinski definition) is 6. The zero-order valence-corrected chi connectivity index (χ0v) is 21.6. The predicted molar refractivity (Wildman–Crippen MR) is 145 cm³/mol. The fourth-order valence-electron chi connectivity index (χ4n) is 3.81. The largest absolute Gasteiger partial charge is 0.457 e. The van der Waals surface area contributed by atoms with Gasteiger partial charge in [-0.15, -0.1) is 0 Å². The summed E-state index contributed by atoms with van der Waals surface area (Å²) in [6.07, 6.45) is 1.89. The topological polar surface area (TPSA) is 104 Å². The Balaban J connectivity index is 1.32. The average molecular weight is 511 g/mol. The lowest BCUT2D eigenvalue weighted by molar-refractivity contribution is -0.117. The molecule has 2 amide bonds. The number of nitrogens with zero attached hydrogens (tertiary/aromatic N) is 2. The quantitative estimate of drug-likeness (QED) is 0.285. The highest BCUT2D eigenvalue weighted by molar-refractivity contribution is 7.22. The lowest BCUT2D eigenvalue weighted by Gasteiger charge is -2.16. The summed E-state index contributed by atoms with van der Waals surface area (Å²) in [6.45, 7) is 5.58. The number of fused-ring (bicyclic) bond motifs is 1. The first kappa shape index (κ1) is 24.5. The maximum atomic E-state index is 12.9. The number of carbonyl (C=O) groups is 2. The van der Waals surface area contributed by atoms with Crippen molar-refractivity contribution in [2.45, 2.75) is 39.0 Å². The van der Waals surface area contributed by atoms with Gasteiger partial charge in [-0.25, -0.2) is 4.98 Å². The Morgan fingerprint density at radius 1 is 1.08 bits per heavy atom. The molecule has 1 saturated carbocycles. The van der Waals surface area contributed by atoms with E-state index < -0.39 is 5.41 Å². The normalized spacial score (nSPS) is 13.1. The van der Waals surface area contributed by atoms with E-state index in [0.717, 1.165) is 34.2 Å². The maximum absolute atomic E-state index is 12.9. The minimum Gasteiger partial charge on any atom is -0.457 e. The standard InChI is InChI=1S/C29H26N4O3S/c1-17-7-10-21(31-27(35)19-5-4-6-20(13-19)29(2,3)16-30)14-24(17)36-22-11-12-23-25(15-22)37-28(32-23)33-26(34)18-8-9-18/h4-7,10-15,18H,8-9H2,1-3H3,(H,31,35)(H,32,33,34). The molecule has 1 aromatic heterocycles. The van der Waals surface area contributed by atoms with Gasteiger partial charge in [-0.1, -0.05) is 29.5 Å². The fraction of sp³-hybridized carbons (Fsp3) is 0.241. The molecule has 0 unspecified atom stereocenters. The number of rotatable bonds is 7. The van der Waals surface area contributed by atoms with Crippen LogP contribution < -0.4 is 15.4 Å². The third kappa shape index (κ3) is 5.47. The second-order valence-corrected chi connectivity index (χ2v) is 10.8. The first-order chi connectivity index (χ1) is 17.7. The summed E-state index contributed by atoms with van der Waals surface area (Å²) in [5, 5.41) is 15.8. The van der Waals surface area contributed by atoms with Crippen molar-refractivity contribution < 1.29 is 14.3 Å². The highest BCUT2D eigenvalue weighted by atomic mass is 32.1. The zero-order chi connectivity index (χ0) is 26.2. The Morgan fingerprint density at radius 3 is 2.65 bits per heavy atom. The Labute approximate surface area is 219 Å². The van der Waals surface area contributed by atoms with Crippen LogP contribution in [0.4, 0.5) is 10.8 Å². The zero-order valence-electron chi connectivity index (χ0n) is 20.8. The van der Waals surface area contributed by atoms with Gasteiger partial charge >= 0.3 is 0 Å². The summed E-state index contributed by atoms with van der Waals surface area (Å²) in [4.78, 5) is 29.5. The van der Waals surface area contributed by atoms with E-state index in [4.69, 9.17) is 4.74 Å². The molecule has 0 spiro atoms. The van der Waals surface area contributed by atoms with Crippen molar-refractivity contribution >= 4 is 44.2 Å². The van der Waals surface area contributed by atoms with Crippen molar-refractivity contribution in [1.29, 1.82) is 5.26 Å². The molecule has 2 N–H and O–H groups in total. The van der Waals surface area contributed by atoms with E-state index in [9.17, 15) is 14.9 Å². The van der Waals surface area contributed by atoms with Crippen LogP contribution in [-0.4, -0.2) is 16.8 Å². The van der Waals surface area contributed by atoms with Gasteiger partial charge in [-0.3, -0.25) is 9.59 Å². The molecule has 0 radical (unpaired) electrons. The molecule has 0 aliphatic heterocycles. The Hall–Kier alpha value is -4.22. The Morgan fingerprint density at radius 2 is 1.89 bits per heavy atom. The van der Waals surface area contributed by atoms with Gasteiger partial charge in [-0.05, 0) is 75.1 Å². The molecule has 186 valence electrons. The number of benzene rings is 3. The average Bonchev–Trinajstić information content (AvgIpc) is 3.67. The molecule has 0 atom stereocenters. The van der Waals surface area contributed by atoms with Crippen LogP contribution in [0.3, 0.4) is 0 Å². The first-order valence-corrected chi connectivity index (χ1v) is 12.9. The molecule has 8 heteroatoms. The van der Waals surface area contributed by atoms with E-state index in [1.807, 2.05) is 57.2 Å². The van der Waals surface area contributed by atoms with Crippen LogP contribution in [0.1, 0.15) is 48.2 Å². The minimum atomic E-state index is -0.691. The van der Waals surface area contributed by atoms with Gasteiger partial charge in [0, 0.05) is 29.3 Å². The van der Waals surface area contributed by atoms with Crippen LogP contribution in [0, 0.1) is 24.2 Å². The molecule has 3 aromatic carbocycles. The van der Waals surface area contributed by atoms with E-state index in [0.29, 0.717) is 27.9 Å². The van der Waals surface area contributed by atoms with Crippen molar-refractivity contribution in [3.63, 3.8) is 0 Å². The number of aromatic nitrogens is 1. The maximum Gasteiger partial charge on any atom is 0.255 e. The smallest absolute Gasteiger partial charge is 0.255 e. The number of nitrogens with one attached hydrogen (secondary N) is 2. The number of hydrogen-bond donors (Lipinski definition) is 2. The van der Waals surface area contributed by atoms with E-state index in [1.165, 1.54) is 11.3 Å². The Bertz CT molecular complexity index is 1560. The molecule has 0 bridgehead atoms. The molecule has 37 heavy (non-hydrogen) atoms. The number of carbonyl (C=O) groups excluding carboxylic acids is 2. The molecule has 1 aliphatic carbocycles. The summed E-state index contributed by atoms with van der Waals surface area (Å²) < 4.78 is 7.07. The molecular weight excluding hydrogens is 484 g/mol. The highest BCUT2D eigenvalue weighted by Crippen LogP contribution is 2.35. The summed E-state index contributed by atoms with van der Waals surface area (Å²) in [6, 6.07) is 20.5. The second kappa shape index (κ2) is 9.68. The van der Waals surface area contributed by atoms with E-state index >= 15 is 0 Å². The van der Waals surface area contributed by atoms with Crippen molar-refractivity contribution in [2.75, 3.05) is 10.6 Å². The molecule has 0 saturated heterocycles. The molecule has 1 fully saturated rings. The fourth-order valence-corrected chi connectivity index (χ4v) is 4.70. The second-order valence-electron chi connectivity index (χ2n) is 9.77. The number of aryl methyl sites for hydroxylation is 1.